The Hall–Kier alpha value is -3.85. The standard InChI is InChI=1S/C23H19N3O5S/c1-13-21(22(28)24-10-14-6-7-18-19(8-14)31-12-30-18)32-23-25-11-17(26(13)23)20(27)15-4-3-5-16(9-15)29-2/h3-9,11H,10,12H2,1-2H3,(H,24,28). The van der Waals surface area contributed by atoms with Gasteiger partial charge in [-0.25, -0.2) is 4.98 Å². The van der Waals surface area contributed by atoms with Crippen molar-refractivity contribution in [1.29, 1.82) is 0 Å². The molecular formula is C23H19N3O5S. The minimum atomic E-state index is -0.226. The molecule has 0 saturated heterocycles. The quantitative estimate of drug-likeness (QED) is 0.452. The molecular weight excluding hydrogens is 430 g/mol. The number of methoxy groups -OCH3 is 1. The topological polar surface area (TPSA) is 91.2 Å². The second kappa shape index (κ2) is 8.01. The van der Waals surface area contributed by atoms with Crippen molar-refractivity contribution in [3.05, 3.63) is 76.1 Å². The number of benzene rings is 2. The lowest BCUT2D eigenvalue weighted by atomic mass is 10.1. The van der Waals surface area contributed by atoms with Crippen LogP contribution in [0.4, 0.5) is 0 Å². The van der Waals surface area contributed by atoms with E-state index in [1.807, 2.05) is 25.1 Å². The van der Waals surface area contributed by atoms with Crippen molar-refractivity contribution in [3.8, 4) is 17.2 Å². The van der Waals surface area contributed by atoms with E-state index in [2.05, 4.69) is 10.3 Å². The van der Waals surface area contributed by atoms with Crippen molar-refractivity contribution in [1.82, 2.24) is 14.7 Å². The summed E-state index contributed by atoms with van der Waals surface area (Å²) >= 11 is 1.25. The molecule has 0 spiro atoms. The third kappa shape index (κ3) is 3.46. The lowest BCUT2D eigenvalue weighted by Gasteiger charge is -2.07. The van der Waals surface area contributed by atoms with Crippen LogP contribution in [0.1, 0.15) is 37.0 Å². The number of ketones is 1. The summed E-state index contributed by atoms with van der Waals surface area (Å²) in [6.45, 7) is 2.35. The highest BCUT2D eigenvalue weighted by molar-refractivity contribution is 7.19. The first-order valence-electron chi connectivity index (χ1n) is 9.87. The number of aromatic nitrogens is 2. The lowest BCUT2D eigenvalue weighted by molar-refractivity contribution is 0.0952. The van der Waals surface area contributed by atoms with E-state index in [0.717, 1.165) is 5.56 Å². The molecule has 0 radical (unpaired) electrons. The molecule has 1 aliphatic heterocycles. The van der Waals surface area contributed by atoms with Gasteiger partial charge in [-0.05, 0) is 36.8 Å². The number of nitrogens with one attached hydrogen (secondary N) is 1. The van der Waals surface area contributed by atoms with E-state index in [9.17, 15) is 9.59 Å². The number of aryl methyl sites for hydroxylation is 1. The van der Waals surface area contributed by atoms with Gasteiger partial charge in [0.15, 0.2) is 16.5 Å². The van der Waals surface area contributed by atoms with Crippen molar-refractivity contribution in [3.63, 3.8) is 0 Å². The summed E-state index contributed by atoms with van der Waals surface area (Å²) in [5, 5.41) is 2.93. The Kier molecular flexibility index (Phi) is 5.02. The Balaban J connectivity index is 1.38. The van der Waals surface area contributed by atoms with E-state index < -0.39 is 0 Å². The predicted molar refractivity (Wildman–Crippen MR) is 118 cm³/mol. The number of nitrogens with zero attached hydrogens (tertiary/aromatic N) is 2. The van der Waals surface area contributed by atoms with Crippen LogP contribution in [0.15, 0.2) is 48.7 Å². The van der Waals surface area contributed by atoms with Crippen LogP contribution in [0.25, 0.3) is 4.96 Å². The second-order valence-corrected chi connectivity index (χ2v) is 8.19. The van der Waals surface area contributed by atoms with Gasteiger partial charge in [-0.1, -0.05) is 29.5 Å². The number of amides is 1. The maximum atomic E-state index is 13.1. The Bertz CT molecular complexity index is 1360. The number of imidazole rings is 1. The normalized spacial score (nSPS) is 12.2. The van der Waals surface area contributed by atoms with Gasteiger partial charge in [0.25, 0.3) is 5.91 Å². The van der Waals surface area contributed by atoms with Gasteiger partial charge < -0.3 is 19.5 Å². The molecule has 5 rings (SSSR count). The van der Waals surface area contributed by atoms with Crippen LogP contribution in [0, 0.1) is 6.92 Å². The van der Waals surface area contributed by atoms with E-state index >= 15 is 0 Å². The molecule has 162 valence electrons. The average Bonchev–Trinajstić information content (AvgIpc) is 3.53. The third-order valence-electron chi connectivity index (χ3n) is 5.25. The molecule has 1 aliphatic rings. The van der Waals surface area contributed by atoms with Crippen LogP contribution in [0.3, 0.4) is 0 Å². The Morgan fingerprint density at radius 2 is 2.03 bits per heavy atom. The van der Waals surface area contributed by atoms with E-state index in [-0.39, 0.29) is 18.5 Å². The summed E-state index contributed by atoms with van der Waals surface area (Å²) in [5.74, 6) is 1.55. The predicted octanol–water partition coefficient (Wildman–Crippen LogP) is 3.60. The summed E-state index contributed by atoms with van der Waals surface area (Å²) in [6, 6.07) is 12.5. The van der Waals surface area contributed by atoms with Crippen LogP contribution in [-0.4, -0.2) is 35.0 Å². The van der Waals surface area contributed by atoms with Gasteiger partial charge >= 0.3 is 0 Å². The molecule has 2 aromatic carbocycles. The van der Waals surface area contributed by atoms with Crippen LogP contribution < -0.4 is 19.5 Å². The van der Waals surface area contributed by atoms with Gasteiger partial charge in [-0.15, -0.1) is 0 Å². The zero-order valence-electron chi connectivity index (χ0n) is 17.4. The fraction of sp³-hybridized carbons (Fsp3) is 0.174. The van der Waals surface area contributed by atoms with Crippen molar-refractivity contribution in [2.75, 3.05) is 13.9 Å². The number of fused-ring (bicyclic) bond motifs is 2. The van der Waals surface area contributed by atoms with Gasteiger partial charge in [0, 0.05) is 17.8 Å². The SMILES string of the molecule is COc1cccc(C(=O)c2cnc3sc(C(=O)NCc4ccc5c(c4)OCO5)c(C)n23)c1. The minimum absolute atomic E-state index is 0.190. The number of hydrogen-bond acceptors (Lipinski definition) is 7. The fourth-order valence-corrected chi connectivity index (χ4v) is 4.61. The minimum Gasteiger partial charge on any atom is -0.497 e. The van der Waals surface area contributed by atoms with Crippen LogP contribution in [0.5, 0.6) is 17.2 Å². The molecule has 0 atom stereocenters. The van der Waals surface area contributed by atoms with E-state index in [1.54, 1.807) is 35.8 Å². The zero-order valence-corrected chi connectivity index (χ0v) is 18.2. The molecule has 0 aliphatic carbocycles. The summed E-state index contributed by atoms with van der Waals surface area (Å²) in [4.78, 5) is 31.4. The van der Waals surface area contributed by atoms with Crippen molar-refractivity contribution in [2.45, 2.75) is 13.5 Å². The first-order valence-corrected chi connectivity index (χ1v) is 10.7. The van der Waals surface area contributed by atoms with Crippen molar-refractivity contribution < 1.29 is 23.8 Å². The molecule has 8 nitrogen and oxygen atoms in total. The van der Waals surface area contributed by atoms with Gasteiger partial charge in [-0.3, -0.25) is 14.0 Å². The Labute approximate surface area is 187 Å². The number of ether oxygens (including phenoxy) is 3. The zero-order chi connectivity index (χ0) is 22.2. The molecule has 1 amide bonds. The molecule has 0 saturated carbocycles. The average molecular weight is 449 g/mol. The monoisotopic (exact) mass is 449 g/mol. The number of carbonyl (C=O) groups is 2. The first-order chi connectivity index (χ1) is 15.5. The Morgan fingerprint density at radius 3 is 2.88 bits per heavy atom. The number of hydrogen-bond donors (Lipinski definition) is 1. The van der Waals surface area contributed by atoms with E-state index in [4.69, 9.17) is 14.2 Å². The van der Waals surface area contributed by atoms with Crippen LogP contribution >= 0.6 is 11.3 Å². The molecule has 0 unspecified atom stereocenters. The van der Waals surface area contributed by atoms with Gasteiger partial charge in [0.05, 0.1) is 13.3 Å². The van der Waals surface area contributed by atoms with Gasteiger partial charge in [-0.2, -0.15) is 0 Å². The molecule has 4 aromatic rings. The summed E-state index contributed by atoms with van der Waals surface area (Å²) in [6.07, 6.45) is 1.54. The highest BCUT2D eigenvalue weighted by Crippen LogP contribution is 2.32. The highest BCUT2D eigenvalue weighted by atomic mass is 32.1. The lowest BCUT2D eigenvalue weighted by Crippen LogP contribution is -2.22. The maximum Gasteiger partial charge on any atom is 0.263 e. The molecule has 3 heterocycles. The van der Waals surface area contributed by atoms with Crippen molar-refractivity contribution in [2.24, 2.45) is 0 Å². The summed E-state index contributed by atoms with van der Waals surface area (Å²) in [7, 11) is 1.55. The van der Waals surface area contributed by atoms with Crippen molar-refractivity contribution >= 4 is 28.0 Å². The maximum absolute atomic E-state index is 13.1. The molecule has 9 heteroatoms. The highest BCUT2D eigenvalue weighted by Gasteiger charge is 2.23. The Morgan fingerprint density at radius 1 is 1.19 bits per heavy atom. The number of rotatable bonds is 6. The fourth-order valence-electron chi connectivity index (χ4n) is 3.59. The molecule has 32 heavy (non-hydrogen) atoms. The molecule has 0 fully saturated rings. The van der Waals surface area contributed by atoms with E-state index in [0.29, 0.717) is 50.6 Å². The van der Waals surface area contributed by atoms with Crippen LogP contribution in [-0.2, 0) is 6.54 Å². The third-order valence-corrected chi connectivity index (χ3v) is 6.40. The van der Waals surface area contributed by atoms with E-state index in [1.165, 1.54) is 17.5 Å². The number of carbonyl (C=O) groups excluding carboxylic acids is 2. The number of thiazole rings is 1. The summed E-state index contributed by atoms with van der Waals surface area (Å²) in [5.41, 5.74) is 2.45. The van der Waals surface area contributed by atoms with Crippen LogP contribution in [0.2, 0.25) is 0 Å². The smallest absolute Gasteiger partial charge is 0.263 e. The van der Waals surface area contributed by atoms with Gasteiger partial charge in [0.1, 0.15) is 16.3 Å². The second-order valence-electron chi connectivity index (χ2n) is 7.21. The molecule has 0 bridgehead atoms. The van der Waals surface area contributed by atoms with Gasteiger partial charge in [0.2, 0.25) is 12.6 Å². The summed E-state index contributed by atoms with van der Waals surface area (Å²) < 4.78 is 17.6. The molecule has 1 N–H and O–H groups in total. The first kappa shape index (κ1) is 20.1. The molecule has 2 aromatic heterocycles. The largest absolute Gasteiger partial charge is 0.497 e.